The van der Waals surface area contributed by atoms with E-state index in [9.17, 15) is 0 Å². The molecule has 0 spiro atoms. The summed E-state index contributed by atoms with van der Waals surface area (Å²) in [6, 6.07) is 4.48. The third kappa shape index (κ3) is 4.13. The molecule has 0 unspecified atom stereocenters. The first-order chi connectivity index (χ1) is 12.5. The predicted molar refractivity (Wildman–Crippen MR) is 102 cm³/mol. The summed E-state index contributed by atoms with van der Waals surface area (Å²) in [7, 11) is 9.98. The topological polar surface area (TPSA) is 62.6 Å². The monoisotopic (exact) mass is 359 g/mol. The molecule has 2 aromatic rings. The van der Waals surface area contributed by atoms with Gasteiger partial charge < -0.3 is 19.4 Å². The summed E-state index contributed by atoms with van der Waals surface area (Å²) >= 11 is 0. The van der Waals surface area contributed by atoms with E-state index in [1.54, 1.807) is 13.4 Å². The summed E-state index contributed by atoms with van der Waals surface area (Å²) in [5.74, 6) is 1.86. The number of ether oxygens (including phenoxy) is 1. The maximum Gasteiger partial charge on any atom is 0.134 e. The molecule has 0 aliphatic carbocycles. The molecule has 1 saturated heterocycles. The van der Waals surface area contributed by atoms with Gasteiger partial charge in [0.2, 0.25) is 0 Å². The Hall–Kier alpha value is -2.19. The Kier molecular flexibility index (Phi) is 5.73. The van der Waals surface area contributed by atoms with Crippen molar-refractivity contribution >= 4 is 11.6 Å². The Labute approximate surface area is 155 Å². The van der Waals surface area contributed by atoms with Gasteiger partial charge in [0.05, 0.1) is 18.3 Å². The highest BCUT2D eigenvalue weighted by Crippen LogP contribution is 2.27. The molecule has 0 radical (unpaired) electrons. The molecule has 3 heterocycles. The Bertz CT molecular complexity index is 717. The van der Waals surface area contributed by atoms with E-state index in [2.05, 4.69) is 49.9 Å². The highest BCUT2D eigenvalue weighted by molar-refractivity contribution is 5.51. The number of rotatable bonds is 7. The molecule has 1 aliphatic rings. The van der Waals surface area contributed by atoms with Crippen LogP contribution in [0.3, 0.4) is 0 Å². The molecule has 26 heavy (non-hydrogen) atoms. The lowest BCUT2D eigenvalue weighted by Crippen LogP contribution is -2.38. The zero-order chi connectivity index (χ0) is 18.7. The summed E-state index contributed by atoms with van der Waals surface area (Å²) in [6.45, 7) is 2.58. The lowest BCUT2D eigenvalue weighted by Gasteiger charge is -2.28. The Morgan fingerprint density at radius 1 is 1.27 bits per heavy atom. The Morgan fingerprint density at radius 3 is 2.73 bits per heavy atom. The molecule has 2 atom stereocenters. The smallest absolute Gasteiger partial charge is 0.134 e. The average Bonchev–Trinajstić information content (AvgIpc) is 3.21. The number of nitrogens with zero attached hydrogens (tertiary/aromatic N) is 7. The van der Waals surface area contributed by atoms with Crippen LogP contribution in [0.5, 0.6) is 0 Å². The van der Waals surface area contributed by atoms with Gasteiger partial charge in [-0.3, -0.25) is 4.68 Å². The summed E-state index contributed by atoms with van der Waals surface area (Å²) in [4.78, 5) is 15.7. The molecular weight excluding hydrogens is 330 g/mol. The van der Waals surface area contributed by atoms with Crippen LogP contribution >= 0.6 is 0 Å². The van der Waals surface area contributed by atoms with Gasteiger partial charge in [0.1, 0.15) is 18.0 Å². The minimum atomic E-state index is 0.241. The van der Waals surface area contributed by atoms with E-state index in [1.807, 2.05) is 31.0 Å². The van der Waals surface area contributed by atoms with Gasteiger partial charge in [0.15, 0.2) is 0 Å². The number of hydrogen-bond donors (Lipinski definition) is 0. The molecule has 0 amide bonds. The minimum Gasteiger partial charge on any atom is -0.380 e. The molecule has 0 aromatic carbocycles. The summed E-state index contributed by atoms with van der Waals surface area (Å²) in [5, 5.41) is 4.23. The molecule has 3 rings (SSSR count). The molecule has 8 nitrogen and oxygen atoms in total. The van der Waals surface area contributed by atoms with Gasteiger partial charge >= 0.3 is 0 Å². The van der Waals surface area contributed by atoms with Crippen molar-refractivity contribution in [1.82, 2.24) is 24.6 Å². The number of hydrogen-bond acceptors (Lipinski definition) is 7. The normalized spacial score (nSPS) is 20.2. The second kappa shape index (κ2) is 8.01. The van der Waals surface area contributed by atoms with Crippen LogP contribution in [0.25, 0.3) is 0 Å². The van der Waals surface area contributed by atoms with Crippen molar-refractivity contribution in [2.45, 2.75) is 25.1 Å². The van der Waals surface area contributed by atoms with Crippen molar-refractivity contribution in [3.8, 4) is 0 Å². The molecule has 8 heteroatoms. The molecule has 0 saturated carbocycles. The van der Waals surface area contributed by atoms with Crippen LogP contribution in [0, 0.1) is 0 Å². The molecular formula is C18H29N7O. The summed E-state index contributed by atoms with van der Waals surface area (Å²) in [5.41, 5.74) is 1.14. The van der Waals surface area contributed by atoms with Crippen LogP contribution < -0.4 is 9.80 Å². The first kappa shape index (κ1) is 18.6. The van der Waals surface area contributed by atoms with Gasteiger partial charge in [0, 0.05) is 52.6 Å². The maximum atomic E-state index is 5.61. The molecule has 1 aliphatic heterocycles. The zero-order valence-electron chi connectivity index (χ0n) is 16.3. The quantitative estimate of drug-likeness (QED) is 0.731. The minimum absolute atomic E-state index is 0.241. The van der Waals surface area contributed by atoms with Crippen LogP contribution in [-0.2, 0) is 18.3 Å². The van der Waals surface area contributed by atoms with Gasteiger partial charge in [-0.1, -0.05) is 0 Å². The van der Waals surface area contributed by atoms with Gasteiger partial charge in [-0.25, -0.2) is 9.97 Å². The Balaban J connectivity index is 1.78. The molecule has 1 fully saturated rings. The number of likely N-dealkylation sites (N-methyl/N-ethyl adjacent to an activating group) is 1. The zero-order valence-corrected chi connectivity index (χ0v) is 16.3. The van der Waals surface area contributed by atoms with Gasteiger partial charge in [-0.15, -0.1) is 0 Å². The van der Waals surface area contributed by atoms with Gasteiger partial charge in [0.25, 0.3) is 0 Å². The average molecular weight is 359 g/mol. The number of aromatic nitrogens is 4. The van der Waals surface area contributed by atoms with Crippen LogP contribution in [0.1, 0.15) is 12.1 Å². The molecule has 2 aromatic heterocycles. The Morgan fingerprint density at radius 2 is 2.08 bits per heavy atom. The second-order valence-electron chi connectivity index (χ2n) is 7.20. The fourth-order valence-electron chi connectivity index (χ4n) is 3.50. The fourth-order valence-corrected chi connectivity index (χ4v) is 3.50. The summed E-state index contributed by atoms with van der Waals surface area (Å²) < 4.78 is 7.50. The van der Waals surface area contributed by atoms with E-state index in [1.165, 1.54) is 0 Å². The fraction of sp³-hybridized carbons (Fsp3) is 0.611. The van der Waals surface area contributed by atoms with Crippen LogP contribution in [0.15, 0.2) is 24.7 Å². The SMILES string of the molecule is CO[C@H]1C[C@@H](CN(C)C)N(c2cc(N(C)Cc3ccnn3C)ncn2)C1. The van der Waals surface area contributed by atoms with E-state index in [0.29, 0.717) is 6.04 Å². The molecule has 0 bridgehead atoms. The van der Waals surface area contributed by atoms with Crippen LogP contribution in [0.2, 0.25) is 0 Å². The van der Waals surface area contributed by atoms with Crippen molar-refractivity contribution in [3.05, 3.63) is 30.4 Å². The third-order valence-electron chi connectivity index (χ3n) is 4.93. The lowest BCUT2D eigenvalue weighted by atomic mass is 10.2. The van der Waals surface area contributed by atoms with Crippen molar-refractivity contribution in [2.24, 2.45) is 7.05 Å². The van der Waals surface area contributed by atoms with Crippen LogP contribution in [0.4, 0.5) is 11.6 Å². The van der Waals surface area contributed by atoms with Crippen molar-refractivity contribution in [3.63, 3.8) is 0 Å². The number of methoxy groups -OCH3 is 1. The number of aryl methyl sites for hydroxylation is 1. The first-order valence-electron chi connectivity index (χ1n) is 8.92. The highest BCUT2D eigenvalue weighted by Gasteiger charge is 2.33. The van der Waals surface area contributed by atoms with E-state index >= 15 is 0 Å². The standard InChI is InChI=1S/C18H29N7O/c1-22(2)10-15-8-16(26-5)12-25(15)18-9-17(19-13-20-18)23(3)11-14-6-7-21-24(14)4/h6-7,9,13,15-16H,8,10-12H2,1-5H3/t15-,16-/m0/s1. The number of anilines is 2. The highest BCUT2D eigenvalue weighted by atomic mass is 16.5. The van der Waals surface area contributed by atoms with Gasteiger partial charge in [-0.05, 0) is 26.6 Å². The van der Waals surface area contributed by atoms with Crippen molar-refractivity contribution in [2.75, 3.05) is 51.1 Å². The largest absolute Gasteiger partial charge is 0.380 e. The van der Waals surface area contributed by atoms with Crippen LogP contribution in [-0.4, -0.2) is 78.1 Å². The first-order valence-corrected chi connectivity index (χ1v) is 8.92. The van der Waals surface area contributed by atoms with Crippen molar-refractivity contribution in [1.29, 1.82) is 0 Å². The van der Waals surface area contributed by atoms with E-state index in [-0.39, 0.29) is 6.10 Å². The third-order valence-corrected chi connectivity index (χ3v) is 4.93. The second-order valence-corrected chi connectivity index (χ2v) is 7.20. The van der Waals surface area contributed by atoms with Gasteiger partial charge in [-0.2, -0.15) is 5.10 Å². The lowest BCUT2D eigenvalue weighted by molar-refractivity contribution is 0.117. The summed E-state index contributed by atoms with van der Waals surface area (Å²) in [6.07, 6.45) is 4.72. The van der Waals surface area contributed by atoms with E-state index in [4.69, 9.17) is 4.74 Å². The molecule has 0 N–H and O–H groups in total. The maximum absolute atomic E-state index is 5.61. The van der Waals surface area contributed by atoms with E-state index < -0.39 is 0 Å². The van der Waals surface area contributed by atoms with Crippen molar-refractivity contribution < 1.29 is 4.74 Å². The molecule has 142 valence electrons. The van der Waals surface area contributed by atoms with E-state index in [0.717, 1.165) is 43.4 Å². The predicted octanol–water partition coefficient (Wildman–Crippen LogP) is 1.00.